The van der Waals surface area contributed by atoms with Crippen LogP contribution in [0.2, 0.25) is 0 Å². The average molecular weight is 288 g/mol. The predicted octanol–water partition coefficient (Wildman–Crippen LogP) is 3.20. The van der Waals surface area contributed by atoms with Crippen molar-refractivity contribution in [3.63, 3.8) is 0 Å². The molecule has 21 heavy (non-hydrogen) atoms. The lowest BCUT2D eigenvalue weighted by molar-refractivity contribution is -0.125. The van der Waals surface area contributed by atoms with Gasteiger partial charge in [-0.15, -0.1) is 0 Å². The van der Waals surface area contributed by atoms with Crippen LogP contribution in [0.3, 0.4) is 0 Å². The van der Waals surface area contributed by atoms with Crippen LogP contribution in [0.15, 0.2) is 30.3 Å². The third kappa shape index (κ3) is 4.31. The van der Waals surface area contributed by atoms with Crippen LogP contribution in [0.5, 0.6) is 0 Å². The number of nitrogens with one attached hydrogen (secondary N) is 1. The molecule has 1 saturated carbocycles. The summed E-state index contributed by atoms with van der Waals surface area (Å²) in [7, 11) is 0. The van der Waals surface area contributed by atoms with E-state index in [1.165, 1.54) is 5.56 Å². The molecule has 0 radical (unpaired) electrons. The molecule has 0 bridgehead atoms. The minimum atomic E-state index is -0.440. The predicted molar refractivity (Wildman–Crippen MR) is 87.0 cm³/mol. The van der Waals surface area contributed by atoms with Crippen molar-refractivity contribution in [1.82, 2.24) is 5.32 Å². The molecule has 2 rings (SSSR count). The van der Waals surface area contributed by atoms with Crippen molar-refractivity contribution >= 4 is 5.91 Å². The van der Waals surface area contributed by atoms with Crippen molar-refractivity contribution in [2.75, 3.05) is 0 Å². The number of amides is 1. The summed E-state index contributed by atoms with van der Waals surface area (Å²) in [6.07, 6.45) is 4.36. The van der Waals surface area contributed by atoms with Crippen LogP contribution in [0.25, 0.3) is 0 Å². The molecule has 116 valence electrons. The Morgan fingerprint density at radius 3 is 2.24 bits per heavy atom. The fourth-order valence-corrected chi connectivity index (χ4v) is 2.98. The largest absolute Gasteiger partial charge is 0.352 e. The number of carbonyl (C=O) groups excluding carboxylic acids is 1. The van der Waals surface area contributed by atoms with Gasteiger partial charge in [0.25, 0.3) is 0 Å². The second kappa shape index (κ2) is 6.61. The first kappa shape index (κ1) is 16.0. The van der Waals surface area contributed by atoms with Gasteiger partial charge in [-0.3, -0.25) is 4.79 Å². The Morgan fingerprint density at radius 1 is 1.14 bits per heavy atom. The molecular formula is C18H28N2O. The van der Waals surface area contributed by atoms with Gasteiger partial charge in [0.2, 0.25) is 5.91 Å². The standard InChI is InChI=1S/C18H28N2O/c1-18(2,3)16(19)17(21)20-15-11-9-14(10-12-15)13-7-5-4-6-8-13/h4-8,14-16H,9-12,19H2,1-3H3,(H,20,21)/t14?,15?,16-/m0/s1. The SMILES string of the molecule is CC(C)(C)[C@@H](N)C(=O)NC1CCC(c2ccccc2)CC1. The minimum absolute atomic E-state index is 0.00865. The highest BCUT2D eigenvalue weighted by molar-refractivity contribution is 5.82. The number of rotatable bonds is 3. The van der Waals surface area contributed by atoms with Gasteiger partial charge < -0.3 is 11.1 Å². The van der Waals surface area contributed by atoms with Gasteiger partial charge in [-0.1, -0.05) is 51.1 Å². The van der Waals surface area contributed by atoms with Crippen molar-refractivity contribution in [1.29, 1.82) is 0 Å². The Morgan fingerprint density at radius 2 is 1.71 bits per heavy atom. The molecule has 1 aromatic rings. The van der Waals surface area contributed by atoms with E-state index in [-0.39, 0.29) is 17.4 Å². The van der Waals surface area contributed by atoms with E-state index < -0.39 is 6.04 Å². The van der Waals surface area contributed by atoms with Gasteiger partial charge in [0.1, 0.15) is 0 Å². The molecule has 3 nitrogen and oxygen atoms in total. The summed E-state index contributed by atoms with van der Waals surface area (Å²) in [5.41, 5.74) is 7.25. The molecule has 3 N–H and O–H groups in total. The van der Waals surface area contributed by atoms with E-state index in [1.807, 2.05) is 20.8 Å². The number of nitrogens with two attached hydrogens (primary N) is 1. The van der Waals surface area contributed by atoms with E-state index >= 15 is 0 Å². The lowest BCUT2D eigenvalue weighted by atomic mass is 9.81. The van der Waals surface area contributed by atoms with Crippen LogP contribution < -0.4 is 11.1 Å². The number of hydrogen-bond acceptors (Lipinski definition) is 2. The van der Waals surface area contributed by atoms with Crippen molar-refractivity contribution in [2.45, 2.75) is 64.5 Å². The van der Waals surface area contributed by atoms with Gasteiger partial charge in [-0.25, -0.2) is 0 Å². The molecule has 1 aliphatic rings. The van der Waals surface area contributed by atoms with Crippen LogP contribution >= 0.6 is 0 Å². The van der Waals surface area contributed by atoms with Gasteiger partial charge in [0, 0.05) is 6.04 Å². The fraction of sp³-hybridized carbons (Fsp3) is 0.611. The minimum Gasteiger partial charge on any atom is -0.352 e. The smallest absolute Gasteiger partial charge is 0.237 e. The maximum Gasteiger partial charge on any atom is 0.237 e. The number of hydrogen-bond donors (Lipinski definition) is 2. The molecule has 0 saturated heterocycles. The van der Waals surface area contributed by atoms with Crippen molar-refractivity contribution < 1.29 is 4.79 Å². The van der Waals surface area contributed by atoms with Crippen LogP contribution in [0.1, 0.15) is 57.9 Å². The second-order valence-corrected chi connectivity index (χ2v) is 7.31. The first-order valence-corrected chi connectivity index (χ1v) is 7.99. The molecule has 1 aromatic carbocycles. The molecule has 1 amide bonds. The molecule has 3 heteroatoms. The van der Waals surface area contributed by atoms with E-state index in [0.29, 0.717) is 5.92 Å². The van der Waals surface area contributed by atoms with Crippen molar-refractivity contribution in [3.05, 3.63) is 35.9 Å². The molecule has 1 fully saturated rings. The lowest BCUT2D eigenvalue weighted by Gasteiger charge is -2.32. The first-order valence-electron chi connectivity index (χ1n) is 7.99. The maximum absolute atomic E-state index is 12.2. The summed E-state index contributed by atoms with van der Waals surface area (Å²) >= 11 is 0. The molecule has 1 aliphatic carbocycles. The van der Waals surface area contributed by atoms with Gasteiger partial charge in [0.05, 0.1) is 6.04 Å². The Kier molecular flexibility index (Phi) is 5.04. The quantitative estimate of drug-likeness (QED) is 0.897. The fourth-order valence-electron chi connectivity index (χ4n) is 2.98. The summed E-state index contributed by atoms with van der Waals surface area (Å²) in [5, 5.41) is 3.13. The summed E-state index contributed by atoms with van der Waals surface area (Å²) in [4.78, 5) is 12.2. The Hall–Kier alpha value is -1.35. The van der Waals surface area contributed by atoms with Gasteiger partial charge in [0.15, 0.2) is 0 Å². The summed E-state index contributed by atoms with van der Waals surface area (Å²) in [6.45, 7) is 6.01. The molecule has 1 atom stereocenters. The molecule has 0 spiro atoms. The molecular weight excluding hydrogens is 260 g/mol. The van der Waals surface area contributed by atoms with Crippen LogP contribution in [-0.4, -0.2) is 18.0 Å². The normalized spacial score (nSPS) is 24.4. The number of benzene rings is 1. The van der Waals surface area contributed by atoms with E-state index in [0.717, 1.165) is 25.7 Å². The van der Waals surface area contributed by atoms with Gasteiger partial charge in [-0.2, -0.15) is 0 Å². The third-order valence-electron chi connectivity index (χ3n) is 4.56. The zero-order chi connectivity index (χ0) is 15.5. The van der Waals surface area contributed by atoms with E-state index in [4.69, 9.17) is 5.73 Å². The van der Waals surface area contributed by atoms with Gasteiger partial charge in [-0.05, 0) is 42.6 Å². The maximum atomic E-state index is 12.2. The molecule has 0 aliphatic heterocycles. The second-order valence-electron chi connectivity index (χ2n) is 7.31. The highest BCUT2D eigenvalue weighted by Gasteiger charge is 2.30. The van der Waals surface area contributed by atoms with Crippen molar-refractivity contribution in [2.24, 2.45) is 11.1 Å². The zero-order valence-corrected chi connectivity index (χ0v) is 13.4. The molecule has 0 aromatic heterocycles. The summed E-state index contributed by atoms with van der Waals surface area (Å²) in [5.74, 6) is 0.626. The highest BCUT2D eigenvalue weighted by Crippen LogP contribution is 2.32. The molecule has 0 unspecified atom stereocenters. The van der Waals surface area contributed by atoms with Gasteiger partial charge >= 0.3 is 0 Å². The van der Waals surface area contributed by atoms with Crippen LogP contribution in [0, 0.1) is 5.41 Å². The molecule has 0 heterocycles. The Balaban J connectivity index is 1.83. The lowest BCUT2D eigenvalue weighted by Crippen LogP contribution is -2.51. The number of carbonyl (C=O) groups is 1. The first-order chi connectivity index (χ1) is 9.88. The highest BCUT2D eigenvalue weighted by atomic mass is 16.2. The van der Waals surface area contributed by atoms with Crippen molar-refractivity contribution in [3.8, 4) is 0 Å². The Labute approximate surface area is 128 Å². The van der Waals surface area contributed by atoms with E-state index in [1.54, 1.807) is 0 Å². The van der Waals surface area contributed by atoms with E-state index in [2.05, 4.69) is 35.6 Å². The third-order valence-corrected chi connectivity index (χ3v) is 4.56. The average Bonchev–Trinajstić information content (AvgIpc) is 2.47. The summed E-state index contributed by atoms with van der Waals surface area (Å²) < 4.78 is 0. The van der Waals surface area contributed by atoms with Crippen LogP contribution in [-0.2, 0) is 4.79 Å². The zero-order valence-electron chi connectivity index (χ0n) is 13.4. The summed E-state index contributed by atoms with van der Waals surface area (Å²) in [6, 6.07) is 10.5. The van der Waals surface area contributed by atoms with Crippen LogP contribution in [0.4, 0.5) is 0 Å². The monoisotopic (exact) mass is 288 g/mol. The topological polar surface area (TPSA) is 55.1 Å². The van der Waals surface area contributed by atoms with E-state index in [9.17, 15) is 4.79 Å². The Bertz CT molecular complexity index is 456.